The molecule has 1 N–H and O–H groups in total. The zero-order valence-corrected chi connectivity index (χ0v) is 16.3. The van der Waals surface area contributed by atoms with E-state index in [1.54, 1.807) is 0 Å². The molecule has 0 aromatic carbocycles. The van der Waals surface area contributed by atoms with Crippen molar-refractivity contribution in [1.29, 1.82) is 5.26 Å². The second kappa shape index (κ2) is 5.83. The van der Waals surface area contributed by atoms with Crippen molar-refractivity contribution in [2.75, 3.05) is 0 Å². The summed E-state index contributed by atoms with van der Waals surface area (Å²) in [7, 11) is 0. The molecule has 142 valence electrons. The van der Waals surface area contributed by atoms with Crippen molar-refractivity contribution in [1.82, 2.24) is 0 Å². The number of ether oxygens (including phenoxy) is 1. The summed E-state index contributed by atoms with van der Waals surface area (Å²) in [5.41, 5.74) is 0.252. The van der Waals surface area contributed by atoms with Crippen LogP contribution in [0.15, 0.2) is 11.6 Å². The molecule has 26 heavy (non-hydrogen) atoms. The maximum absolute atomic E-state index is 11.3. The topological polar surface area (TPSA) is 70.3 Å². The minimum atomic E-state index is -1.15. The lowest BCUT2D eigenvalue weighted by Crippen LogP contribution is -2.54. The van der Waals surface area contributed by atoms with Crippen LogP contribution in [0.1, 0.15) is 72.1 Å². The molecule has 4 nitrogen and oxygen atoms in total. The Morgan fingerprint density at radius 2 is 1.96 bits per heavy atom. The van der Waals surface area contributed by atoms with Gasteiger partial charge in [0.15, 0.2) is 5.60 Å². The van der Waals surface area contributed by atoms with Crippen LogP contribution in [0.25, 0.3) is 0 Å². The lowest BCUT2D eigenvalue weighted by atomic mass is 9.47. The predicted molar refractivity (Wildman–Crippen MR) is 97.8 cm³/mol. The number of nitrogens with zero attached hydrogens (tertiary/aromatic N) is 1. The Kier molecular flexibility index (Phi) is 4.04. The molecule has 0 amide bonds. The third kappa shape index (κ3) is 2.32. The Balaban J connectivity index is 1.61. The molecule has 4 aliphatic rings. The Morgan fingerprint density at radius 1 is 1.23 bits per heavy atom. The second-order valence-electron chi connectivity index (χ2n) is 9.70. The summed E-state index contributed by atoms with van der Waals surface area (Å²) in [4.78, 5) is 11.3. The fraction of sp³-hybridized carbons (Fsp3) is 0.818. The largest absolute Gasteiger partial charge is 0.462 e. The van der Waals surface area contributed by atoms with E-state index in [4.69, 9.17) is 4.74 Å². The molecule has 0 aromatic heterocycles. The molecular formula is C22H31NO3. The number of esters is 1. The average Bonchev–Trinajstić information content (AvgIpc) is 2.87. The van der Waals surface area contributed by atoms with Crippen LogP contribution >= 0.6 is 0 Å². The van der Waals surface area contributed by atoms with E-state index in [0.717, 1.165) is 44.9 Å². The number of carbonyl (C=O) groups is 1. The molecule has 7 atom stereocenters. The van der Waals surface area contributed by atoms with Crippen LogP contribution in [0.3, 0.4) is 0 Å². The summed E-state index contributed by atoms with van der Waals surface area (Å²) < 4.78 is 5.50. The van der Waals surface area contributed by atoms with Crippen LogP contribution in [0, 0.1) is 39.9 Å². The number of rotatable bonds is 1. The summed E-state index contributed by atoms with van der Waals surface area (Å²) in [6, 6.07) is 2.26. The second-order valence-corrected chi connectivity index (χ2v) is 9.70. The maximum Gasteiger partial charge on any atom is 0.302 e. The molecule has 0 bridgehead atoms. The molecule has 0 spiro atoms. The van der Waals surface area contributed by atoms with Gasteiger partial charge in [-0.15, -0.1) is 0 Å². The Hall–Kier alpha value is -1.34. The van der Waals surface area contributed by atoms with E-state index in [2.05, 4.69) is 26.0 Å². The summed E-state index contributed by atoms with van der Waals surface area (Å²) in [6.45, 7) is 6.06. The van der Waals surface area contributed by atoms with Gasteiger partial charge in [-0.25, -0.2) is 0 Å². The highest BCUT2D eigenvalue weighted by Crippen LogP contribution is 2.67. The van der Waals surface area contributed by atoms with E-state index in [0.29, 0.717) is 24.2 Å². The molecule has 0 aromatic rings. The monoisotopic (exact) mass is 357 g/mol. The first-order chi connectivity index (χ1) is 12.2. The van der Waals surface area contributed by atoms with E-state index in [1.807, 2.05) is 0 Å². The number of hydrogen-bond donors (Lipinski definition) is 1. The van der Waals surface area contributed by atoms with Gasteiger partial charge in [0, 0.05) is 18.8 Å². The van der Waals surface area contributed by atoms with Crippen LogP contribution in [0.5, 0.6) is 0 Å². The summed E-state index contributed by atoms with van der Waals surface area (Å²) in [5, 5.41) is 20.5. The minimum Gasteiger partial charge on any atom is -0.462 e. The lowest BCUT2D eigenvalue weighted by molar-refractivity contribution is -0.149. The molecule has 0 heterocycles. The van der Waals surface area contributed by atoms with E-state index in [9.17, 15) is 15.2 Å². The van der Waals surface area contributed by atoms with Crippen LogP contribution < -0.4 is 0 Å². The quantitative estimate of drug-likeness (QED) is 0.435. The van der Waals surface area contributed by atoms with Gasteiger partial charge in [-0.05, 0) is 68.1 Å². The third-order valence-electron chi connectivity index (χ3n) is 8.73. The molecule has 3 saturated carbocycles. The molecular weight excluding hydrogens is 326 g/mol. The minimum absolute atomic E-state index is 0.0346. The SMILES string of the molecule is CC(=O)OC1CC[C@@]2(C)C(=CC[C@@H]3[C@@H]2CC[C@@]2(C)[C@H]3CC[C@]2(O)C#N)C1. The Bertz CT molecular complexity index is 694. The Labute approximate surface area is 156 Å². The number of nitriles is 1. The number of carbonyl (C=O) groups excluding carboxylic acids is 1. The summed E-state index contributed by atoms with van der Waals surface area (Å²) in [5.74, 6) is 1.45. The van der Waals surface area contributed by atoms with Crippen molar-refractivity contribution in [3.8, 4) is 6.07 Å². The number of allylic oxidation sites excluding steroid dienone is 1. The molecule has 4 rings (SSSR count). The lowest BCUT2D eigenvalue weighted by Gasteiger charge is -2.58. The van der Waals surface area contributed by atoms with Crippen molar-refractivity contribution in [3.63, 3.8) is 0 Å². The van der Waals surface area contributed by atoms with Crippen molar-refractivity contribution >= 4 is 5.97 Å². The van der Waals surface area contributed by atoms with Gasteiger partial charge in [-0.1, -0.05) is 25.5 Å². The molecule has 0 saturated heterocycles. The summed E-state index contributed by atoms with van der Waals surface area (Å²) in [6.07, 6.45) is 10.0. The van der Waals surface area contributed by atoms with Gasteiger partial charge < -0.3 is 9.84 Å². The van der Waals surface area contributed by atoms with Crippen molar-refractivity contribution < 1.29 is 14.6 Å². The first kappa shape index (κ1) is 18.0. The molecule has 0 aliphatic heterocycles. The number of aliphatic hydroxyl groups is 1. The van der Waals surface area contributed by atoms with Gasteiger partial charge in [0.05, 0.1) is 6.07 Å². The van der Waals surface area contributed by atoms with E-state index in [-0.39, 0.29) is 22.9 Å². The van der Waals surface area contributed by atoms with Gasteiger partial charge >= 0.3 is 5.97 Å². The van der Waals surface area contributed by atoms with Crippen molar-refractivity contribution in [3.05, 3.63) is 11.6 Å². The first-order valence-corrected chi connectivity index (χ1v) is 10.2. The van der Waals surface area contributed by atoms with Crippen molar-refractivity contribution in [2.45, 2.75) is 83.8 Å². The third-order valence-corrected chi connectivity index (χ3v) is 8.73. The molecule has 0 radical (unpaired) electrons. The fourth-order valence-electron chi connectivity index (χ4n) is 7.16. The zero-order chi connectivity index (χ0) is 18.7. The molecule has 1 unspecified atom stereocenters. The maximum atomic E-state index is 11.3. The average molecular weight is 357 g/mol. The highest BCUT2D eigenvalue weighted by atomic mass is 16.5. The summed E-state index contributed by atoms with van der Waals surface area (Å²) >= 11 is 0. The standard InChI is InChI=1S/C22H31NO3/c1-14(24)26-16-6-9-20(2)15(12-16)4-5-17-18(20)7-10-21(3)19(17)8-11-22(21,25)13-23/h4,16-19,25H,5-12H2,1-3H3/t16?,17-,18+,19+,20+,21+,22+/m1/s1. The molecule has 3 fully saturated rings. The number of hydrogen-bond acceptors (Lipinski definition) is 4. The van der Waals surface area contributed by atoms with Crippen LogP contribution in [-0.4, -0.2) is 22.8 Å². The van der Waals surface area contributed by atoms with Gasteiger partial charge in [-0.3, -0.25) is 4.79 Å². The smallest absolute Gasteiger partial charge is 0.302 e. The van der Waals surface area contributed by atoms with Gasteiger partial charge in [0.1, 0.15) is 6.10 Å². The fourth-order valence-corrected chi connectivity index (χ4v) is 7.16. The normalized spacial score (nSPS) is 49.9. The van der Waals surface area contributed by atoms with Crippen LogP contribution in [0.4, 0.5) is 0 Å². The van der Waals surface area contributed by atoms with Crippen LogP contribution in [-0.2, 0) is 9.53 Å². The van der Waals surface area contributed by atoms with Gasteiger partial charge in [-0.2, -0.15) is 5.26 Å². The number of fused-ring (bicyclic) bond motifs is 5. The van der Waals surface area contributed by atoms with Gasteiger partial charge in [0.2, 0.25) is 0 Å². The highest BCUT2D eigenvalue weighted by molar-refractivity contribution is 5.66. The van der Waals surface area contributed by atoms with E-state index >= 15 is 0 Å². The Morgan fingerprint density at radius 3 is 2.65 bits per heavy atom. The first-order valence-electron chi connectivity index (χ1n) is 10.2. The van der Waals surface area contributed by atoms with E-state index in [1.165, 1.54) is 12.5 Å². The zero-order valence-electron chi connectivity index (χ0n) is 16.3. The highest BCUT2D eigenvalue weighted by Gasteiger charge is 2.64. The van der Waals surface area contributed by atoms with Crippen molar-refractivity contribution in [2.24, 2.45) is 28.6 Å². The molecule has 4 aliphatic carbocycles. The molecule has 4 heteroatoms. The van der Waals surface area contributed by atoms with Crippen LogP contribution in [0.2, 0.25) is 0 Å². The van der Waals surface area contributed by atoms with E-state index < -0.39 is 5.60 Å². The predicted octanol–water partition coefficient (Wildman–Crippen LogP) is 4.14. The van der Waals surface area contributed by atoms with Gasteiger partial charge in [0.25, 0.3) is 0 Å².